The van der Waals surface area contributed by atoms with Gasteiger partial charge < -0.3 is 10.4 Å². The standard InChI is InChI=1S/C28H30N4O/c1-19-16-24(28(2,3)4)27(33)26(17-19)32(29-5)31-22-13-9-12-21(18-22)30-25-15-8-11-20-10-6-7-14-23(20)25/h6-12,14-18,30,33H,5,13H2,1-4H3/b31-22+. The Morgan fingerprint density at radius 2 is 1.82 bits per heavy atom. The maximum atomic E-state index is 11.0. The predicted molar refractivity (Wildman–Crippen MR) is 140 cm³/mol. The van der Waals surface area contributed by atoms with Crippen LogP contribution in [-0.2, 0) is 5.41 Å². The van der Waals surface area contributed by atoms with Crippen molar-refractivity contribution < 1.29 is 5.11 Å². The molecule has 0 heterocycles. The fourth-order valence-electron chi connectivity index (χ4n) is 4.00. The lowest BCUT2D eigenvalue weighted by Gasteiger charge is -2.25. The number of phenolic OH excluding ortho intramolecular Hbond substituents is 1. The van der Waals surface area contributed by atoms with E-state index in [2.05, 4.69) is 68.2 Å². The van der Waals surface area contributed by atoms with Crippen molar-refractivity contribution in [1.82, 2.24) is 0 Å². The first-order valence-corrected chi connectivity index (χ1v) is 11.1. The van der Waals surface area contributed by atoms with Crippen molar-refractivity contribution in [2.75, 3.05) is 10.4 Å². The van der Waals surface area contributed by atoms with Gasteiger partial charge in [0.1, 0.15) is 11.4 Å². The highest BCUT2D eigenvalue weighted by Gasteiger charge is 2.23. The molecular formula is C28H30N4O. The molecule has 1 aliphatic rings. The van der Waals surface area contributed by atoms with Crippen molar-refractivity contribution in [1.29, 1.82) is 0 Å². The second-order valence-electron chi connectivity index (χ2n) is 9.31. The van der Waals surface area contributed by atoms with Gasteiger partial charge in [-0.05, 0) is 47.6 Å². The predicted octanol–water partition coefficient (Wildman–Crippen LogP) is 6.89. The van der Waals surface area contributed by atoms with E-state index >= 15 is 0 Å². The highest BCUT2D eigenvalue weighted by atomic mass is 16.3. The zero-order valence-electron chi connectivity index (χ0n) is 19.6. The number of hydrazone groups is 2. The quantitative estimate of drug-likeness (QED) is 0.337. The van der Waals surface area contributed by atoms with E-state index in [1.807, 2.05) is 49.4 Å². The third-order valence-electron chi connectivity index (χ3n) is 5.63. The second-order valence-corrected chi connectivity index (χ2v) is 9.31. The van der Waals surface area contributed by atoms with Gasteiger partial charge >= 0.3 is 0 Å². The number of allylic oxidation sites excluding steroid dienone is 3. The smallest absolute Gasteiger partial charge is 0.146 e. The van der Waals surface area contributed by atoms with Crippen molar-refractivity contribution in [2.45, 2.75) is 39.5 Å². The fraction of sp³-hybridized carbons (Fsp3) is 0.214. The minimum atomic E-state index is -0.214. The molecule has 4 rings (SSSR count). The van der Waals surface area contributed by atoms with Crippen LogP contribution < -0.4 is 10.4 Å². The first-order chi connectivity index (χ1) is 15.8. The lowest BCUT2D eigenvalue weighted by molar-refractivity contribution is 0.446. The molecule has 0 radical (unpaired) electrons. The third-order valence-corrected chi connectivity index (χ3v) is 5.63. The molecule has 0 atom stereocenters. The molecule has 0 aromatic heterocycles. The average Bonchev–Trinajstić information content (AvgIpc) is 2.79. The number of nitrogens with one attached hydrogen (secondary N) is 1. The molecule has 5 nitrogen and oxygen atoms in total. The van der Waals surface area contributed by atoms with Crippen LogP contribution in [0.25, 0.3) is 10.8 Å². The topological polar surface area (TPSA) is 60.2 Å². The van der Waals surface area contributed by atoms with Crippen LogP contribution in [0.3, 0.4) is 0 Å². The van der Waals surface area contributed by atoms with E-state index in [9.17, 15) is 5.11 Å². The minimum Gasteiger partial charge on any atom is -0.505 e. The van der Waals surface area contributed by atoms with Crippen LogP contribution >= 0.6 is 0 Å². The molecule has 0 amide bonds. The molecule has 0 aliphatic heterocycles. The Bertz CT molecular complexity index is 1290. The molecule has 0 fully saturated rings. The first kappa shape index (κ1) is 22.3. The number of aromatic hydroxyl groups is 1. The van der Waals surface area contributed by atoms with Crippen LogP contribution in [0.2, 0.25) is 0 Å². The number of fused-ring (bicyclic) bond motifs is 1. The summed E-state index contributed by atoms with van der Waals surface area (Å²) in [5, 5.41) is 27.0. The van der Waals surface area contributed by atoms with Crippen LogP contribution in [0.15, 0.2) is 88.7 Å². The summed E-state index contributed by atoms with van der Waals surface area (Å²) in [5.74, 6) is 0.175. The summed E-state index contributed by atoms with van der Waals surface area (Å²) in [6, 6.07) is 18.4. The maximum Gasteiger partial charge on any atom is 0.146 e. The van der Waals surface area contributed by atoms with Crippen LogP contribution in [0.5, 0.6) is 5.75 Å². The van der Waals surface area contributed by atoms with Crippen molar-refractivity contribution in [3.05, 3.63) is 89.6 Å². The van der Waals surface area contributed by atoms with E-state index in [-0.39, 0.29) is 11.2 Å². The number of aryl methyl sites for hydroxylation is 1. The first-order valence-electron chi connectivity index (χ1n) is 11.1. The van der Waals surface area contributed by atoms with Gasteiger partial charge in [-0.3, -0.25) is 0 Å². The number of phenols is 1. The number of hydrogen-bond donors (Lipinski definition) is 2. The number of benzene rings is 3. The van der Waals surface area contributed by atoms with E-state index in [0.29, 0.717) is 12.1 Å². The second kappa shape index (κ2) is 8.94. The monoisotopic (exact) mass is 438 g/mol. The number of nitrogens with zero attached hydrogens (tertiary/aromatic N) is 3. The Kier molecular flexibility index (Phi) is 6.05. The summed E-state index contributed by atoms with van der Waals surface area (Å²) in [6.07, 6.45) is 6.77. The van der Waals surface area contributed by atoms with Crippen molar-refractivity contribution in [2.24, 2.45) is 10.2 Å². The highest BCUT2D eigenvalue weighted by molar-refractivity contribution is 6.00. The van der Waals surface area contributed by atoms with Crippen molar-refractivity contribution in [3.63, 3.8) is 0 Å². The summed E-state index contributed by atoms with van der Waals surface area (Å²) in [7, 11) is 0. The molecule has 2 N–H and O–H groups in total. The molecule has 0 spiro atoms. The van der Waals surface area contributed by atoms with Crippen LogP contribution in [0.4, 0.5) is 11.4 Å². The Morgan fingerprint density at radius 3 is 2.58 bits per heavy atom. The largest absolute Gasteiger partial charge is 0.505 e. The van der Waals surface area contributed by atoms with E-state index < -0.39 is 0 Å². The molecule has 33 heavy (non-hydrogen) atoms. The Hall–Kier alpha value is -3.86. The SMILES string of the molecule is C=NN(/N=C1/C=C(Nc2cccc3ccccc23)C=CC1)c1cc(C)cc(C(C)(C)C)c1O. The van der Waals surface area contributed by atoms with E-state index in [1.54, 1.807) is 0 Å². The molecule has 168 valence electrons. The Morgan fingerprint density at radius 1 is 1.06 bits per heavy atom. The van der Waals surface area contributed by atoms with Crippen LogP contribution in [-0.4, -0.2) is 17.5 Å². The van der Waals surface area contributed by atoms with Crippen LogP contribution in [0.1, 0.15) is 38.3 Å². The molecular weight excluding hydrogens is 408 g/mol. The molecule has 0 bridgehead atoms. The van der Waals surface area contributed by atoms with Gasteiger partial charge in [-0.15, -0.1) is 5.12 Å². The summed E-state index contributed by atoms with van der Waals surface area (Å²) >= 11 is 0. The van der Waals surface area contributed by atoms with Crippen molar-refractivity contribution in [3.8, 4) is 5.75 Å². The molecule has 3 aromatic rings. The third kappa shape index (κ3) is 4.82. The van der Waals surface area contributed by atoms with Gasteiger partial charge in [-0.2, -0.15) is 10.2 Å². The zero-order valence-corrected chi connectivity index (χ0v) is 19.6. The van der Waals surface area contributed by atoms with E-state index in [0.717, 1.165) is 33.6 Å². The molecule has 5 heteroatoms. The lowest BCUT2D eigenvalue weighted by atomic mass is 9.85. The molecule has 0 saturated heterocycles. The van der Waals surface area contributed by atoms with Gasteiger partial charge in [0.15, 0.2) is 0 Å². The summed E-state index contributed by atoms with van der Waals surface area (Å²) in [4.78, 5) is 0. The van der Waals surface area contributed by atoms with Gasteiger partial charge in [0.05, 0.1) is 5.71 Å². The highest BCUT2D eigenvalue weighted by Crippen LogP contribution is 2.39. The number of anilines is 2. The normalized spacial score (nSPS) is 14.9. The zero-order chi connectivity index (χ0) is 23.6. The van der Waals surface area contributed by atoms with Gasteiger partial charge in [-0.25, -0.2) is 0 Å². The molecule has 0 unspecified atom stereocenters. The summed E-state index contributed by atoms with van der Waals surface area (Å²) in [5.41, 5.74) is 4.97. The molecule has 3 aromatic carbocycles. The Balaban J connectivity index is 1.67. The van der Waals surface area contributed by atoms with Crippen molar-refractivity contribution >= 4 is 34.6 Å². The van der Waals surface area contributed by atoms with Crippen LogP contribution in [0, 0.1) is 6.92 Å². The minimum absolute atomic E-state index is 0.175. The molecule has 1 aliphatic carbocycles. The van der Waals surface area contributed by atoms with E-state index in [1.165, 1.54) is 10.5 Å². The lowest BCUT2D eigenvalue weighted by Crippen LogP contribution is -2.17. The van der Waals surface area contributed by atoms with E-state index in [4.69, 9.17) is 5.10 Å². The van der Waals surface area contributed by atoms with Gasteiger partial charge in [0.2, 0.25) is 0 Å². The van der Waals surface area contributed by atoms with Gasteiger partial charge in [0.25, 0.3) is 0 Å². The van der Waals surface area contributed by atoms with Gasteiger partial charge in [0, 0.05) is 35.5 Å². The average molecular weight is 439 g/mol. The molecule has 0 saturated carbocycles. The summed E-state index contributed by atoms with van der Waals surface area (Å²) < 4.78 is 0. The number of hydrogen-bond acceptors (Lipinski definition) is 5. The summed E-state index contributed by atoms with van der Waals surface area (Å²) in [6.45, 7) is 11.9. The number of rotatable bonds is 5. The maximum absolute atomic E-state index is 11.0. The Labute approximate surface area is 195 Å². The fourth-order valence-corrected chi connectivity index (χ4v) is 4.00. The van der Waals surface area contributed by atoms with Gasteiger partial charge in [-0.1, -0.05) is 69.3 Å².